The normalized spacial score (nSPS) is 17.9. The van der Waals surface area contributed by atoms with Crippen molar-refractivity contribution in [1.82, 2.24) is 0 Å². The number of hydrogen-bond donors (Lipinski definition) is 0. The molecule has 0 spiro atoms. The Kier molecular flexibility index (Phi) is 4.80. The summed E-state index contributed by atoms with van der Waals surface area (Å²) in [6.07, 6.45) is 0. The van der Waals surface area contributed by atoms with Gasteiger partial charge in [-0.1, -0.05) is 31.9 Å². The van der Waals surface area contributed by atoms with Crippen molar-refractivity contribution in [1.29, 1.82) is 0 Å². The molecule has 1 atom stereocenters. The predicted octanol–water partition coefficient (Wildman–Crippen LogP) is 5.00. The molecule has 1 fully saturated rings. The summed E-state index contributed by atoms with van der Waals surface area (Å²) in [5.74, 6) is 1.37. The number of rotatable bonds is 3. The standard InChI is InChI=1S/C16H13Br2NO2S/c1-21-14-7-4-11(18)8-13(14)16-19(15(20)9-22-16)12-5-2-10(17)3-6-12/h2-8,16H,9H2,1H3. The van der Waals surface area contributed by atoms with Crippen LogP contribution >= 0.6 is 43.6 Å². The minimum absolute atomic E-state index is 0.0823. The molecule has 3 rings (SSSR count). The SMILES string of the molecule is COc1ccc(Br)cc1C1SCC(=O)N1c1ccc(Br)cc1. The number of thioether (sulfide) groups is 1. The van der Waals surface area contributed by atoms with E-state index in [2.05, 4.69) is 31.9 Å². The van der Waals surface area contributed by atoms with Crippen LogP contribution in [-0.4, -0.2) is 18.8 Å². The zero-order valence-corrected chi connectivity index (χ0v) is 15.7. The number of carbonyl (C=O) groups excluding carboxylic acids is 1. The molecule has 6 heteroatoms. The molecule has 2 aromatic carbocycles. The Labute approximate surface area is 150 Å². The first-order chi connectivity index (χ1) is 10.6. The first kappa shape index (κ1) is 15.9. The van der Waals surface area contributed by atoms with E-state index in [1.54, 1.807) is 18.9 Å². The highest BCUT2D eigenvalue weighted by Crippen LogP contribution is 2.45. The smallest absolute Gasteiger partial charge is 0.238 e. The number of methoxy groups -OCH3 is 1. The van der Waals surface area contributed by atoms with E-state index in [1.807, 2.05) is 47.4 Å². The molecule has 1 aliphatic heterocycles. The minimum atomic E-state index is -0.0823. The summed E-state index contributed by atoms with van der Waals surface area (Å²) in [5, 5.41) is -0.0823. The zero-order chi connectivity index (χ0) is 15.7. The van der Waals surface area contributed by atoms with Gasteiger partial charge in [0, 0.05) is 20.2 Å². The van der Waals surface area contributed by atoms with E-state index in [-0.39, 0.29) is 11.3 Å². The van der Waals surface area contributed by atoms with Crippen LogP contribution in [0.1, 0.15) is 10.9 Å². The Hall–Kier alpha value is -0.980. The van der Waals surface area contributed by atoms with Gasteiger partial charge in [-0.2, -0.15) is 0 Å². The van der Waals surface area contributed by atoms with Gasteiger partial charge in [-0.05, 0) is 42.5 Å². The second-order valence-corrected chi connectivity index (χ2v) is 7.69. The van der Waals surface area contributed by atoms with Gasteiger partial charge in [0.2, 0.25) is 5.91 Å². The van der Waals surface area contributed by atoms with Crippen LogP contribution in [-0.2, 0) is 4.79 Å². The molecule has 114 valence electrons. The Morgan fingerprint density at radius 1 is 1.14 bits per heavy atom. The number of benzene rings is 2. The molecule has 0 aliphatic carbocycles. The molecule has 0 saturated carbocycles. The Morgan fingerprint density at radius 2 is 1.82 bits per heavy atom. The molecule has 1 unspecified atom stereocenters. The van der Waals surface area contributed by atoms with Crippen LogP contribution in [0, 0.1) is 0 Å². The van der Waals surface area contributed by atoms with Crippen LogP contribution in [0.15, 0.2) is 51.4 Å². The first-order valence-corrected chi connectivity index (χ1v) is 9.26. The highest BCUT2D eigenvalue weighted by molar-refractivity contribution is 9.10. The van der Waals surface area contributed by atoms with Gasteiger partial charge in [-0.25, -0.2) is 0 Å². The lowest BCUT2D eigenvalue weighted by Gasteiger charge is -2.25. The van der Waals surface area contributed by atoms with Crippen LogP contribution < -0.4 is 9.64 Å². The second-order valence-electron chi connectivity index (χ2n) is 4.79. The molecule has 0 radical (unpaired) electrons. The average molecular weight is 443 g/mol. The molecule has 3 nitrogen and oxygen atoms in total. The minimum Gasteiger partial charge on any atom is -0.496 e. The molecule has 1 saturated heterocycles. The third kappa shape index (κ3) is 3.05. The van der Waals surface area contributed by atoms with Gasteiger partial charge >= 0.3 is 0 Å². The summed E-state index contributed by atoms with van der Waals surface area (Å²) in [6.45, 7) is 0. The molecule has 1 heterocycles. The van der Waals surface area contributed by atoms with Gasteiger partial charge in [0.15, 0.2) is 0 Å². The third-order valence-electron chi connectivity index (χ3n) is 3.43. The summed E-state index contributed by atoms with van der Waals surface area (Å²) in [7, 11) is 1.65. The quantitative estimate of drug-likeness (QED) is 0.669. The maximum Gasteiger partial charge on any atom is 0.238 e. The Morgan fingerprint density at radius 3 is 2.50 bits per heavy atom. The van der Waals surface area contributed by atoms with Crippen LogP contribution in [0.4, 0.5) is 5.69 Å². The molecule has 0 aromatic heterocycles. The van der Waals surface area contributed by atoms with Crippen molar-refractivity contribution in [2.75, 3.05) is 17.8 Å². The summed E-state index contributed by atoms with van der Waals surface area (Å²) >= 11 is 8.54. The fourth-order valence-corrected chi connectivity index (χ4v) is 4.27. The number of amides is 1. The van der Waals surface area contributed by atoms with E-state index in [9.17, 15) is 4.79 Å². The van der Waals surface area contributed by atoms with E-state index in [0.29, 0.717) is 5.75 Å². The van der Waals surface area contributed by atoms with Gasteiger partial charge < -0.3 is 4.74 Å². The van der Waals surface area contributed by atoms with E-state index < -0.39 is 0 Å². The average Bonchev–Trinajstić information content (AvgIpc) is 2.90. The summed E-state index contributed by atoms with van der Waals surface area (Å²) < 4.78 is 7.44. The number of ether oxygens (including phenoxy) is 1. The van der Waals surface area contributed by atoms with Crippen LogP contribution in [0.5, 0.6) is 5.75 Å². The topological polar surface area (TPSA) is 29.5 Å². The molecular formula is C16H13Br2NO2S. The monoisotopic (exact) mass is 441 g/mol. The summed E-state index contributed by atoms with van der Waals surface area (Å²) in [6, 6.07) is 13.7. The predicted molar refractivity (Wildman–Crippen MR) is 97.5 cm³/mol. The van der Waals surface area contributed by atoms with E-state index in [0.717, 1.165) is 25.9 Å². The van der Waals surface area contributed by atoms with Crippen molar-refractivity contribution < 1.29 is 9.53 Å². The molecule has 0 bridgehead atoms. The lowest BCUT2D eigenvalue weighted by molar-refractivity contribution is -0.115. The fraction of sp³-hybridized carbons (Fsp3) is 0.188. The largest absolute Gasteiger partial charge is 0.496 e. The van der Waals surface area contributed by atoms with Crippen molar-refractivity contribution in [3.8, 4) is 5.75 Å². The Balaban J connectivity index is 2.04. The number of carbonyl (C=O) groups is 1. The maximum absolute atomic E-state index is 12.4. The number of hydrogen-bond acceptors (Lipinski definition) is 3. The molecule has 1 amide bonds. The van der Waals surface area contributed by atoms with Crippen molar-refractivity contribution in [2.24, 2.45) is 0 Å². The zero-order valence-electron chi connectivity index (χ0n) is 11.8. The molecule has 22 heavy (non-hydrogen) atoms. The lowest BCUT2D eigenvalue weighted by Crippen LogP contribution is -2.28. The Bertz CT molecular complexity index is 706. The van der Waals surface area contributed by atoms with Crippen molar-refractivity contribution in [2.45, 2.75) is 5.37 Å². The number of nitrogens with zero attached hydrogens (tertiary/aromatic N) is 1. The van der Waals surface area contributed by atoms with Crippen molar-refractivity contribution >= 4 is 55.2 Å². The van der Waals surface area contributed by atoms with Crippen LogP contribution in [0.25, 0.3) is 0 Å². The lowest BCUT2D eigenvalue weighted by atomic mass is 10.1. The number of halogens is 2. The summed E-state index contributed by atoms with van der Waals surface area (Å²) in [4.78, 5) is 14.2. The van der Waals surface area contributed by atoms with Gasteiger partial charge in [0.1, 0.15) is 11.1 Å². The highest BCUT2D eigenvalue weighted by Gasteiger charge is 2.35. The van der Waals surface area contributed by atoms with Gasteiger partial charge in [0.25, 0.3) is 0 Å². The van der Waals surface area contributed by atoms with Gasteiger partial charge in [-0.15, -0.1) is 11.8 Å². The van der Waals surface area contributed by atoms with Gasteiger partial charge in [-0.3, -0.25) is 9.69 Å². The van der Waals surface area contributed by atoms with E-state index in [4.69, 9.17) is 4.74 Å². The molecule has 0 N–H and O–H groups in total. The fourth-order valence-electron chi connectivity index (χ4n) is 2.43. The van der Waals surface area contributed by atoms with E-state index >= 15 is 0 Å². The van der Waals surface area contributed by atoms with Crippen LogP contribution in [0.3, 0.4) is 0 Å². The molecule has 2 aromatic rings. The second kappa shape index (κ2) is 6.64. The van der Waals surface area contributed by atoms with Crippen molar-refractivity contribution in [3.05, 3.63) is 57.0 Å². The van der Waals surface area contributed by atoms with E-state index in [1.165, 1.54) is 0 Å². The molecule has 1 aliphatic rings. The maximum atomic E-state index is 12.4. The van der Waals surface area contributed by atoms with Crippen LogP contribution in [0.2, 0.25) is 0 Å². The summed E-state index contributed by atoms with van der Waals surface area (Å²) in [5.41, 5.74) is 1.89. The number of anilines is 1. The highest BCUT2D eigenvalue weighted by atomic mass is 79.9. The first-order valence-electron chi connectivity index (χ1n) is 6.63. The van der Waals surface area contributed by atoms with Crippen molar-refractivity contribution in [3.63, 3.8) is 0 Å². The van der Waals surface area contributed by atoms with Gasteiger partial charge in [0.05, 0.1) is 12.9 Å². The molecular weight excluding hydrogens is 430 g/mol. The third-order valence-corrected chi connectivity index (χ3v) is 5.65.